The number of piperidine rings is 1. The van der Waals surface area contributed by atoms with Gasteiger partial charge in [-0.2, -0.15) is 0 Å². The number of aromatic nitrogens is 3. The highest BCUT2D eigenvalue weighted by molar-refractivity contribution is 5.78. The quantitative estimate of drug-likeness (QED) is 0.548. The number of H-pyrrole nitrogens is 1. The summed E-state index contributed by atoms with van der Waals surface area (Å²) in [7, 11) is 0. The number of hydrogen-bond donors (Lipinski definition) is 2. The molecule has 0 spiro atoms. The van der Waals surface area contributed by atoms with Crippen molar-refractivity contribution in [1.82, 2.24) is 19.9 Å². The minimum Gasteiger partial charge on any atom is -0.384 e. The van der Waals surface area contributed by atoms with Gasteiger partial charge in [-0.1, -0.05) is 44.4 Å². The highest BCUT2D eigenvalue weighted by Gasteiger charge is 2.32. The maximum Gasteiger partial charge on any atom is 0.270 e. The van der Waals surface area contributed by atoms with E-state index >= 15 is 0 Å². The molecule has 3 unspecified atom stereocenters. The number of unbranched alkanes of at least 4 members (excludes halogenated alkanes) is 1. The predicted molar refractivity (Wildman–Crippen MR) is 131 cm³/mol. The molecule has 2 aromatic heterocycles. The number of aromatic amines is 1. The number of nitrogen functional groups attached to an aromatic ring is 1. The average molecular weight is 434 g/mol. The van der Waals surface area contributed by atoms with E-state index in [1.807, 2.05) is 24.3 Å². The highest BCUT2D eigenvalue weighted by Crippen LogP contribution is 2.37. The lowest BCUT2D eigenvalue weighted by atomic mass is 9.89. The molecule has 0 aliphatic carbocycles. The van der Waals surface area contributed by atoms with Crippen LogP contribution in [0.3, 0.4) is 0 Å². The summed E-state index contributed by atoms with van der Waals surface area (Å²) in [5, 5.41) is 0. The Kier molecular flexibility index (Phi) is 6.89. The Bertz CT molecular complexity index is 1110. The Labute approximate surface area is 190 Å². The summed E-state index contributed by atoms with van der Waals surface area (Å²) in [6, 6.07) is 13.1. The van der Waals surface area contributed by atoms with Gasteiger partial charge in [0.05, 0.1) is 11.0 Å². The van der Waals surface area contributed by atoms with E-state index < -0.39 is 0 Å². The number of likely N-dealkylation sites (tertiary alicyclic amines) is 1. The van der Waals surface area contributed by atoms with Crippen LogP contribution in [0.1, 0.15) is 82.3 Å². The van der Waals surface area contributed by atoms with E-state index in [0.717, 1.165) is 29.6 Å². The van der Waals surface area contributed by atoms with E-state index in [1.165, 1.54) is 31.2 Å². The van der Waals surface area contributed by atoms with E-state index in [0.29, 0.717) is 36.1 Å². The molecule has 1 aliphatic heterocycles. The van der Waals surface area contributed by atoms with Crippen LogP contribution in [0.15, 0.2) is 41.2 Å². The van der Waals surface area contributed by atoms with Crippen LogP contribution in [-0.2, 0) is 6.42 Å². The van der Waals surface area contributed by atoms with Crippen LogP contribution >= 0.6 is 0 Å². The van der Waals surface area contributed by atoms with Crippen molar-refractivity contribution in [3.8, 4) is 0 Å². The first-order chi connectivity index (χ1) is 15.5. The van der Waals surface area contributed by atoms with E-state index in [2.05, 4.69) is 41.7 Å². The third-order valence-electron chi connectivity index (χ3n) is 6.81. The fourth-order valence-electron chi connectivity index (χ4n) is 5.24. The van der Waals surface area contributed by atoms with Crippen molar-refractivity contribution in [3.05, 3.63) is 63.7 Å². The Hall–Kier alpha value is -2.73. The summed E-state index contributed by atoms with van der Waals surface area (Å²) in [5.74, 6) is 0.452. The number of fused-ring (bicyclic) bond motifs is 1. The van der Waals surface area contributed by atoms with Crippen LogP contribution in [0.2, 0.25) is 0 Å². The molecule has 6 nitrogen and oxygen atoms in total. The maximum absolute atomic E-state index is 12.8. The summed E-state index contributed by atoms with van der Waals surface area (Å²) in [4.78, 5) is 27.8. The van der Waals surface area contributed by atoms with Crippen LogP contribution in [0.5, 0.6) is 0 Å². The second-order valence-electron chi connectivity index (χ2n) is 9.22. The maximum atomic E-state index is 12.8. The summed E-state index contributed by atoms with van der Waals surface area (Å²) in [6.07, 6.45) is 7.54. The molecular formula is C26H35N5O. The Balaban J connectivity index is 1.79. The zero-order valence-corrected chi connectivity index (χ0v) is 19.5. The molecule has 0 radical (unpaired) electrons. The molecule has 0 amide bonds. The first-order valence-corrected chi connectivity index (χ1v) is 12.0. The third kappa shape index (κ3) is 4.70. The first kappa shape index (κ1) is 22.5. The van der Waals surface area contributed by atoms with Crippen LogP contribution in [-0.4, -0.2) is 31.9 Å². The van der Waals surface area contributed by atoms with Gasteiger partial charge in [-0.25, -0.2) is 9.97 Å². The van der Waals surface area contributed by atoms with Crippen molar-refractivity contribution in [1.29, 1.82) is 0 Å². The number of pyridine rings is 1. The van der Waals surface area contributed by atoms with Gasteiger partial charge >= 0.3 is 0 Å². The predicted octanol–water partition coefficient (Wildman–Crippen LogP) is 4.99. The second-order valence-corrected chi connectivity index (χ2v) is 9.22. The number of nitrogens with zero attached hydrogens (tertiary/aromatic N) is 3. The number of anilines is 1. The Morgan fingerprint density at radius 3 is 2.59 bits per heavy atom. The zero-order valence-electron chi connectivity index (χ0n) is 19.5. The molecule has 0 bridgehead atoms. The van der Waals surface area contributed by atoms with Crippen molar-refractivity contribution in [2.75, 3.05) is 5.73 Å². The number of nitrogens with two attached hydrogens (primary N) is 1. The molecule has 1 fully saturated rings. The fraction of sp³-hybridized carbons (Fsp3) is 0.500. The molecule has 3 heterocycles. The van der Waals surface area contributed by atoms with Gasteiger partial charge in [0.1, 0.15) is 11.5 Å². The minimum atomic E-state index is -0.163. The lowest BCUT2D eigenvalue weighted by Crippen LogP contribution is -2.46. The van der Waals surface area contributed by atoms with Gasteiger partial charge in [-0.3, -0.25) is 9.69 Å². The van der Waals surface area contributed by atoms with Crippen molar-refractivity contribution >= 4 is 16.9 Å². The lowest BCUT2D eigenvalue weighted by Gasteiger charge is -2.44. The van der Waals surface area contributed by atoms with E-state index in [1.54, 1.807) is 6.07 Å². The van der Waals surface area contributed by atoms with Gasteiger partial charge in [0, 0.05) is 30.2 Å². The zero-order chi connectivity index (χ0) is 22.7. The largest absolute Gasteiger partial charge is 0.384 e. The smallest absolute Gasteiger partial charge is 0.270 e. The monoisotopic (exact) mass is 433 g/mol. The molecule has 1 saturated heterocycles. The van der Waals surface area contributed by atoms with Gasteiger partial charge in [0.25, 0.3) is 5.56 Å². The van der Waals surface area contributed by atoms with Crippen molar-refractivity contribution in [3.63, 3.8) is 0 Å². The topological polar surface area (TPSA) is 87.9 Å². The molecule has 3 atom stereocenters. The van der Waals surface area contributed by atoms with Gasteiger partial charge in [-0.05, 0) is 56.9 Å². The normalized spacial score (nSPS) is 20.5. The third-order valence-corrected chi connectivity index (χ3v) is 6.81. The minimum absolute atomic E-state index is 0.163. The number of rotatable bonds is 7. The SMILES string of the molecule is CCCCC(c1cccc2[nH]c(=O)c(Cc3cccc(N)n3)nc12)N1C(C)CCCC1C. The van der Waals surface area contributed by atoms with E-state index in [9.17, 15) is 4.79 Å². The number of nitrogens with one attached hydrogen (secondary N) is 1. The first-order valence-electron chi connectivity index (χ1n) is 12.0. The number of benzene rings is 1. The van der Waals surface area contributed by atoms with Gasteiger partial charge in [-0.15, -0.1) is 0 Å². The Morgan fingerprint density at radius 1 is 1.12 bits per heavy atom. The standard InChI is InChI=1S/C26H35N5O/c1-4-5-14-23(31-17(2)9-6-10-18(31)3)20-12-8-13-21-25(20)29-22(26(32)30-21)16-19-11-7-15-24(27)28-19/h7-8,11-13,15,17-18,23H,4-6,9-10,14,16H2,1-3H3,(H2,27,28)(H,30,32). The van der Waals surface area contributed by atoms with Crippen LogP contribution in [0, 0.1) is 0 Å². The molecule has 6 heteroatoms. The van der Waals surface area contributed by atoms with Crippen molar-refractivity contribution in [2.24, 2.45) is 0 Å². The van der Waals surface area contributed by atoms with Gasteiger partial charge in [0.15, 0.2) is 0 Å². The molecule has 3 aromatic rings. The molecule has 170 valence electrons. The molecule has 32 heavy (non-hydrogen) atoms. The molecule has 4 rings (SSSR count). The number of hydrogen-bond acceptors (Lipinski definition) is 5. The van der Waals surface area contributed by atoms with Crippen LogP contribution in [0.25, 0.3) is 11.0 Å². The summed E-state index contributed by atoms with van der Waals surface area (Å²) >= 11 is 0. The van der Waals surface area contributed by atoms with Gasteiger partial charge in [0.2, 0.25) is 0 Å². The van der Waals surface area contributed by atoms with E-state index in [-0.39, 0.29) is 5.56 Å². The van der Waals surface area contributed by atoms with E-state index in [4.69, 9.17) is 10.7 Å². The van der Waals surface area contributed by atoms with Crippen LogP contribution in [0.4, 0.5) is 5.82 Å². The fourth-order valence-corrected chi connectivity index (χ4v) is 5.24. The average Bonchev–Trinajstić information content (AvgIpc) is 2.76. The molecule has 3 N–H and O–H groups in total. The molecule has 0 saturated carbocycles. The summed E-state index contributed by atoms with van der Waals surface area (Å²) < 4.78 is 0. The second kappa shape index (κ2) is 9.82. The van der Waals surface area contributed by atoms with Crippen LogP contribution < -0.4 is 11.3 Å². The molecule has 1 aromatic carbocycles. The summed E-state index contributed by atoms with van der Waals surface area (Å²) in [6.45, 7) is 6.95. The molecular weight excluding hydrogens is 398 g/mol. The van der Waals surface area contributed by atoms with Crippen molar-refractivity contribution < 1.29 is 0 Å². The lowest BCUT2D eigenvalue weighted by molar-refractivity contribution is 0.0495. The van der Waals surface area contributed by atoms with Gasteiger partial charge < -0.3 is 10.7 Å². The van der Waals surface area contributed by atoms with Crippen molar-refractivity contribution in [2.45, 2.75) is 83.8 Å². The Morgan fingerprint density at radius 2 is 1.88 bits per heavy atom. The number of para-hydroxylation sites is 1. The molecule has 1 aliphatic rings. The summed E-state index contributed by atoms with van der Waals surface area (Å²) in [5.41, 5.74) is 9.83. The highest BCUT2D eigenvalue weighted by atomic mass is 16.1.